The van der Waals surface area contributed by atoms with Gasteiger partial charge >= 0.3 is 0 Å². The molecule has 2 N–H and O–H groups in total. The van der Waals surface area contributed by atoms with Gasteiger partial charge in [-0.1, -0.05) is 42.5 Å². The Morgan fingerprint density at radius 1 is 1.08 bits per heavy atom. The number of hydrogen-bond acceptors (Lipinski definition) is 3. The molecule has 0 saturated carbocycles. The van der Waals surface area contributed by atoms with Crippen molar-refractivity contribution in [3.8, 4) is 16.9 Å². The summed E-state index contributed by atoms with van der Waals surface area (Å²) >= 11 is 0. The molecule has 1 saturated heterocycles. The fourth-order valence-corrected chi connectivity index (χ4v) is 3.06. The highest BCUT2D eigenvalue weighted by molar-refractivity contribution is 5.83. The van der Waals surface area contributed by atoms with Crippen LogP contribution in [-0.4, -0.2) is 35.9 Å². The first-order valence-corrected chi connectivity index (χ1v) is 8.45. The Bertz CT molecular complexity index is 743. The van der Waals surface area contributed by atoms with Crippen molar-refractivity contribution in [1.82, 2.24) is 4.90 Å². The van der Waals surface area contributed by atoms with Crippen LogP contribution in [0.4, 0.5) is 0 Å². The zero-order valence-electron chi connectivity index (χ0n) is 14.2. The fourth-order valence-electron chi connectivity index (χ4n) is 3.06. The first-order chi connectivity index (χ1) is 12.0. The van der Waals surface area contributed by atoms with Crippen LogP contribution in [-0.2, 0) is 9.59 Å². The van der Waals surface area contributed by atoms with Crippen molar-refractivity contribution < 1.29 is 14.3 Å². The highest BCUT2D eigenvalue weighted by Gasteiger charge is 2.32. The maximum atomic E-state index is 12.5. The van der Waals surface area contributed by atoms with E-state index >= 15 is 0 Å². The zero-order valence-corrected chi connectivity index (χ0v) is 14.2. The minimum atomic E-state index is -0.603. The number of carbonyl (C=O) groups excluding carboxylic acids is 2. The lowest BCUT2D eigenvalue weighted by atomic mass is 10.1. The molecule has 0 unspecified atom stereocenters. The average Bonchev–Trinajstić information content (AvgIpc) is 3.13. The summed E-state index contributed by atoms with van der Waals surface area (Å²) in [6.07, 6.45) is 0.0220. The third kappa shape index (κ3) is 3.99. The monoisotopic (exact) mass is 338 g/mol. The van der Waals surface area contributed by atoms with Crippen molar-refractivity contribution in [3.05, 3.63) is 54.6 Å². The van der Waals surface area contributed by atoms with Crippen molar-refractivity contribution in [1.29, 1.82) is 0 Å². The van der Waals surface area contributed by atoms with Gasteiger partial charge in [0.1, 0.15) is 5.75 Å². The average molecular weight is 338 g/mol. The van der Waals surface area contributed by atoms with Crippen LogP contribution in [0.3, 0.4) is 0 Å². The summed E-state index contributed by atoms with van der Waals surface area (Å²) in [7, 11) is 0. The maximum absolute atomic E-state index is 12.5. The molecule has 0 aliphatic carbocycles. The number of rotatable bonds is 5. The molecule has 25 heavy (non-hydrogen) atoms. The first kappa shape index (κ1) is 17.0. The molecule has 2 atom stereocenters. The summed E-state index contributed by atoms with van der Waals surface area (Å²) < 4.78 is 5.77. The molecule has 1 fully saturated rings. The largest absolute Gasteiger partial charge is 0.481 e. The Balaban J connectivity index is 1.60. The second-order valence-electron chi connectivity index (χ2n) is 6.32. The third-order valence-corrected chi connectivity index (χ3v) is 4.52. The Morgan fingerprint density at radius 3 is 2.32 bits per heavy atom. The van der Waals surface area contributed by atoms with Crippen LogP contribution in [0, 0.1) is 5.92 Å². The highest BCUT2D eigenvalue weighted by atomic mass is 16.5. The second-order valence-corrected chi connectivity index (χ2v) is 6.32. The second kappa shape index (κ2) is 7.38. The van der Waals surface area contributed by atoms with Crippen LogP contribution in [0.15, 0.2) is 54.6 Å². The summed E-state index contributed by atoms with van der Waals surface area (Å²) in [5.74, 6) is -0.0660. The quantitative estimate of drug-likeness (QED) is 0.910. The first-order valence-electron chi connectivity index (χ1n) is 8.45. The lowest BCUT2D eigenvalue weighted by molar-refractivity contribution is -0.137. The van der Waals surface area contributed by atoms with Crippen molar-refractivity contribution in [2.45, 2.75) is 19.4 Å². The van der Waals surface area contributed by atoms with Crippen LogP contribution in [0.1, 0.15) is 13.3 Å². The number of amides is 2. The minimum absolute atomic E-state index is 0.115. The van der Waals surface area contributed by atoms with E-state index < -0.39 is 6.10 Å². The van der Waals surface area contributed by atoms with Crippen LogP contribution in [0.25, 0.3) is 11.1 Å². The molecular formula is C20H22N2O3. The van der Waals surface area contributed by atoms with Gasteiger partial charge in [-0.25, -0.2) is 0 Å². The van der Waals surface area contributed by atoms with Crippen molar-refractivity contribution in [2.24, 2.45) is 11.7 Å². The van der Waals surface area contributed by atoms with Gasteiger partial charge < -0.3 is 15.4 Å². The van der Waals surface area contributed by atoms with Crippen LogP contribution in [0.5, 0.6) is 5.75 Å². The smallest absolute Gasteiger partial charge is 0.263 e. The van der Waals surface area contributed by atoms with E-state index in [1.54, 1.807) is 11.8 Å². The number of likely N-dealkylation sites (tertiary alicyclic amines) is 1. The van der Waals surface area contributed by atoms with Gasteiger partial charge in [-0.2, -0.15) is 0 Å². The lowest BCUT2D eigenvalue weighted by Gasteiger charge is -2.21. The number of hydrogen-bond donors (Lipinski definition) is 1. The number of ether oxygens (including phenoxy) is 1. The third-order valence-electron chi connectivity index (χ3n) is 4.52. The van der Waals surface area contributed by atoms with Gasteiger partial charge in [-0.05, 0) is 36.6 Å². The van der Waals surface area contributed by atoms with Crippen LogP contribution >= 0.6 is 0 Å². The van der Waals surface area contributed by atoms with E-state index in [2.05, 4.69) is 0 Å². The van der Waals surface area contributed by atoms with E-state index in [1.807, 2.05) is 54.6 Å². The Kier molecular flexibility index (Phi) is 5.03. The molecule has 1 aliphatic rings. The van der Waals surface area contributed by atoms with Gasteiger partial charge in [0.15, 0.2) is 6.10 Å². The lowest BCUT2D eigenvalue weighted by Crippen LogP contribution is -2.40. The zero-order chi connectivity index (χ0) is 17.8. The van der Waals surface area contributed by atoms with E-state index in [0.29, 0.717) is 25.3 Å². The van der Waals surface area contributed by atoms with Crippen molar-refractivity contribution >= 4 is 11.8 Å². The molecular weight excluding hydrogens is 316 g/mol. The summed E-state index contributed by atoms with van der Waals surface area (Å²) in [5.41, 5.74) is 7.54. The van der Waals surface area contributed by atoms with Crippen molar-refractivity contribution in [3.63, 3.8) is 0 Å². The van der Waals surface area contributed by atoms with E-state index in [4.69, 9.17) is 10.5 Å². The molecule has 2 aromatic carbocycles. The van der Waals surface area contributed by atoms with Gasteiger partial charge in [-0.15, -0.1) is 0 Å². The van der Waals surface area contributed by atoms with E-state index in [-0.39, 0.29) is 17.7 Å². The van der Waals surface area contributed by atoms with Crippen molar-refractivity contribution in [2.75, 3.05) is 13.1 Å². The topological polar surface area (TPSA) is 72.6 Å². The van der Waals surface area contributed by atoms with Gasteiger partial charge in [0.05, 0.1) is 5.92 Å². The highest BCUT2D eigenvalue weighted by Crippen LogP contribution is 2.23. The number of nitrogens with zero attached hydrogens (tertiary/aromatic N) is 1. The van der Waals surface area contributed by atoms with Gasteiger partial charge in [-0.3, -0.25) is 9.59 Å². The van der Waals surface area contributed by atoms with Gasteiger partial charge in [0, 0.05) is 13.1 Å². The predicted octanol–water partition coefficient (Wildman–Crippen LogP) is 2.45. The van der Waals surface area contributed by atoms with Crippen LogP contribution in [0.2, 0.25) is 0 Å². The molecule has 2 aromatic rings. The molecule has 1 heterocycles. The summed E-state index contributed by atoms with van der Waals surface area (Å²) in [6, 6.07) is 17.7. The normalized spacial score (nSPS) is 18.0. The maximum Gasteiger partial charge on any atom is 0.263 e. The molecule has 0 aromatic heterocycles. The van der Waals surface area contributed by atoms with Gasteiger partial charge in [0.2, 0.25) is 5.91 Å². The molecule has 5 heteroatoms. The predicted molar refractivity (Wildman–Crippen MR) is 95.8 cm³/mol. The van der Waals surface area contributed by atoms with E-state index in [9.17, 15) is 9.59 Å². The molecule has 0 spiro atoms. The van der Waals surface area contributed by atoms with Gasteiger partial charge in [0.25, 0.3) is 5.91 Å². The Labute approximate surface area is 147 Å². The fraction of sp³-hybridized carbons (Fsp3) is 0.300. The molecule has 0 radical (unpaired) electrons. The van der Waals surface area contributed by atoms with Crippen LogP contribution < -0.4 is 10.5 Å². The minimum Gasteiger partial charge on any atom is -0.481 e. The van der Waals surface area contributed by atoms with E-state index in [0.717, 1.165) is 11.1 Å². The number of primary amides is 1. The molecule has 2 amide bonds. The molecule has 3 rings (SSSR count). The Morgan fingerprint density at radius 2 is 1.72 bits per heavy atom. The number of carbonyl (C=O) groups is 2. The standard InChI is InChI=1S/C20H22N2O3/c1-14(20(24)22-12-11-17(13-22)19(21)23)25-18-9-7-16(8-10-18)15-5-3-2-4-6-15/h2-10,14,17H,11-13H2,1H3,(H2,21,23)/t14-,17-/m1/s1. The van der Waals surface area contributed by atoms with E-state index in [1.165, 1.54) is 0 Å². The Hall–Kier alpha value is -2.82. The number of nitrogens with two attached hydrogens (primary N) is 1. The summed E-state index contributed by atoms with van der Waals surface area (Å²) in [4.78, 5) is 25.3. The summed E-state index contributed by atoms with van der Waals surface area (Å²) in [5, 5.41) is 0. The molecule has 0 bridgehead atoms. The number of benzene rings is 2. The molecule has 1 aliphatic heterocycles. The molecule has 130 valence electrons. The molecule has 5 nitrogen and oxygen atoms in total. The summed E-state index contributed by atoms with van der Waals surface area (Å²) in [6.45, 7) is 2.66. The SMILES string of the molecule is C[C@@H](Oc1ccc(-c2ccccc2)cc1)C(=O)N1CC[C@@H](C(N)=O)C1.